The molecule has 0 saturated heterocycles. The summed E-state index contributed by atoms with van der Waals surface area (Å²) in [7, 11) is 0. The van der Waals surface area contributed by atoms with Crippen LogP contribution in [0.3, 0.4) is 0 Å². The smallest absolute Gasteiger partial charge is 0.306 e. The molecule has 0 spiro atoms. The first-order valence-corrected chi connectivity index (χ1v) is 30.6. The summed E-state index contributed by atoms with van der Waals surface area (Å²) in [5.41, 5.74) is 0. The van der Waals surface area contributed by atoms with Gasteiger partial charge in [0.15, 0.2) is 6.10 Å². The minimum absolute atomic E-state index is 0.124. The number of unbranched alkanes of at least 4 members (excludes halogenated alkanes) is 14. The average molecular weight is 1060 g/mol. The molecule has 1 atom stereocenters. The van der Waals surface area contributed by atoms with Crippen LogP contribution in [0.4, 0.5) is 0 Å². The fraction of sp³-hybridized carbons (Fsp3) is 0.563. The molecule has 0 aliphatic carbocycles. The lowest BCUT2D eigenvalue weighted by Crippen LogP contribution is -2.30. The molecule has 0 N–H and O–H groups in total. The second-order valence-electron chi connectivity index (χ2n) is 19.5. The Balaban J connectivity index is 4.56. The van der Waals surface area contributed by atoms with Crippen molar-refractivity contribution < 1.29 is 28.6 Å². The summed E-state index contributed by atoms with van der Waals surface area (Å²) in [6, 6.07) is 0. The van der Waals surface area contributed by atoms with Gasteiger partial charge in [-0.1, -0.05) is 242 Å². The molecule has 0 aliphatic rings. The molecule has 0 amide bonds. The van der Waals surface area contributed by atoms with Crippen molar-refractivity contribution in [3.05, 3.63) is 170 Å². The molecule has 430 valence electrons. The molecule has 6 heteroatoms. The van der Waals surface area contributed by atoms with Gasteiger partial charge in [0.25, 0.3) is 0 Å². The number of carbonyl (C=O) groups is 3. The molecule has 0 heterocycles. The van der Waals surface area contributed by atoms with Crippen molar-refractivity contribution in [2.75, 3.05) is 13.2 Å². The molecular weight excluding hydrogens is 949 g/mol. The third kappa shape index (κ3) is 61.5. The minimum atomic E-state index is -0.836. The van der Waals surface area contributed by atoms with E-state index in [1.807, 2.05) is 0 Å². The molecule has 0 rings (SSSR count). The first-order chi connectivity index (χ1) is 38.0. The van der Waals surface area contributed by atoms with Crippen LogP contribution in [0.15, 0.2) is 170 Å². The quantitative estimate of drug-likeness (QED) is 0.0261. The number of hydrogen-bond donors (Lipinski definition) is 0. The van der Waals surface area contributed by atoms with Crippen molar-refractivity contribution in [1.29, 1.82) is 0 Å². The number of carbonyl (C=O) groups excluding carboxylic acids is 3. The van der Waals surface area contributed by atoms with Crippen LogP contribution in [0.1, 0.15) is 239 Å². The first kappa shape index (κ1) is 71.8. The van der Waals surface area contributed by atoms with E-state index in [-0.39, 0.29) is 37.5 Å². The lowest BCUT2D eigenvalue weighted by atomic mass is 10.1. The predicted octanol–water partition coefficient (Wildman–Crippen LogP) is 21.1. The van der Waals surface area contributed by atoms with Gasteiger partial charge in [-0.05, 0) is 148 Å². The second-order valence-corrected chi connectivity index (χ2v) is 19.5. The summed E-state index contributed by atoms with van der Waals surface area (Å²) in [6.07, 6.45) is 93.5. The van der Waals surface area contributed by atoms with E-state index in [1.54, 1.807) is 0 Å². The predicted molar refractivity (Wildman–Crippen MR) is 334 cm³/mol. The number of hydrogen-bond acceptors (Lipinski definition) is 6. The highest BCUT2D eigenvalue weighted by Gasteiger charge is 2.19. The zero-order valence-corrected chi connectivity index (χ0v) is 49.1. The maximum atomic E-state index is 12.9. The lowest BCUT2D eigenvalue weighted by Gasteiger charge is -2.18. The average Bonchev–Trinajstić information content (AvgIpc) is 3.43. The largest absolute Gasteiger partial charge is 0.462 e. The van der Waals surface area contributed by atoms with Gasteiger partial charge in [-0.25, -0.2) is 0 Å². The fourth-order valence-corrected chi connectivity index (χ4v) is 7.66. The summed E-state index contributed by atoms with van der Waals surface area (Å²) >= 11 is 0. The van der Waals surface area contributed by atoms with Gasteiger partial charge in [-0.15, -0.1) is 0 Å². The van der Waals surface area contributed by atoms with Crippen LogP contribution < -0.4 is 0 Å². The molecule has 0 aromatic rings. The van der Waals surface area contributed by atoms with Crippen molar-refractivity contribution in [3.63, 3.8) is 0 Å². The van der Waals surface area contributed by atoms with E-state index in [1.165, 1.54) is 51.4 Å². The van der Waals surface area contributed by atoms with E-state index in [0.29, 0.717) is 19.3 Å². The molecule has 0 aliphatic heterocycles. The van der Waals surface area contributed by atoms with E-state index in [0.717, 1.165) is 141 Å². The maximum Gasteiger partial charge on any atom is 0.306 e. The Morgan fingerprint density at radius 3 is 0.844 bits per heavy atom. The first-order valence-electron chi connectivity index (χ1n) is 30.6. The Kier molecular flexibility index (Phi) is 59.0. The zero-order valence-electron chi connectivity index (χ0n) is 49.1. The van der Waals surface area contributed by atoms with Gasteiger partial charge in [-0.3, -0.25) is 14.4 Å². The lowest BCUT2D eigenvalue weighted by molar-refractivity contribution is -0.167. The molecule has 0 radical (unpaired) electrons. The number of ether oxygens (including phenoxy) is 3. The van der Waals surface area contributed by atoms with Crippen molar-refractivity contribution in [2.45, 2.75) is 245 Å². The van der Waals surface area contributed by atoms with Crippen molar-refractivity contribution in [3.8, 4) is 0 Å². The van der Waals surface area contributed by atoms with Gasteiger partial charge in [0.05, 0.1) is 0 Å². The maximum absolute atomic E-state index is 12.9. The van der Waals surface area contributed by atoms with Crippen LogP contribution in [0, 0.1) is 0 Å². The van der Waals surface area contributed by atoms with E-state index < -0.39 is 6.10 Å². The normalized spacial score (nSPS) is 13.3. The summed E-state index contributed by atoms with van der Waals surface area (Å²) in [5.74, 6) is -1.03. The molecule has 0 aromatic carbocycles. The van der Waals surface area contributed by atoms with Crippen molar-refractivity contribution >= 4 is 17.9 Å². The van der Waals surface area contributed by atoms with Crippen LogP contribution in [0.25, 0.3) is 0 Å². The second kappa shape index (κ2) is 63.3. The Hall–Kier alpha value is -5.23. The van der Waals surface area contributed by atoms with Gasteiger partial charge in [0.1, 0.15) is 13.2 Å². The molecular formula is C71H110O6. The molecule has 0 fully saturated rings. The van der Waals surface area contributed by atoms with E-state index in [9.17, 15) is 14.4 Å². The van der Waals surface area contributed by atoms with Gasteiger partial charge in [-0.2, -0.15) is 0 Å². The third-order valence-corrected chi connectivity index (χ3v) is 12.2. The Bertz CT molecular complexity index is 1790. The summed E-state index contributed by atoms with van der Waals surface area (Å²) in [4.78, 5) is 38.3. The number of rotatable bonds is 53. The Morgan fingerprint density at radius 2 is 0.519 bits per heavy atom. The summed E-state index contributed by atoms with van der Waals surface area (Å²) in [6.45, 7) is 6.29. The van der Waals surface area contributed by atoms with Crippen LogP contribution in [0.5, 0.6) is 0 Å². The van der Waals surface area contributed by atoms with E-state index in [2.05, 4.69) is 191 Å². The molecule has 1 unspecified atom stereocenters. The minimum Gasteiger partial charge on any atom is -0.462 e. The Morgan fingerprint density at radius 1 is 0.273 bits per heavy atom. The molecule has 0 saturated carbocycles. The Labute approximate surface area is 472 Å². The SMILES string of the molecule is CC/C=C\C/C=C\C/C=C\C/C=C\C/C=C\C/C=C\C/C=C\CCCCCC(=O)OCC(COC(=O)CCCCCCCCC/C=C\C/C=C\CCCCC)OC(=O)CCC/C=C\C/C=C\C/C=C\C/C=C\C/C=C\CC. The van der Waals surface area contributed by atoms with Gasteiger partial charge >= 0.3 is 17.9 Å². The fourth-order valence-electron chi connectivity index (χ4n) is 7.66. The van der Waals surface area contributed by atoms with Crippen LogP contribution in [-0.4, -0.2) is 37.2 Å². The van der Waals surface area contributed by atoms with E-state index >= 15 is 0 Å². The van der Waals surface area contributed by atoms with Gasteiger partial charge in [0.2, 0.25) is 0 Å². The monoisotopic (exact) mass is 1060 g/mol. The van der Waals surface area contributed by atoms with Gasteiger partial charge < -0.3 is 14.2 Å². The zero-order chi connectivity index (χ0) is 55.7. The molecule has 0 bridgehead atoms. The molecule has 77 heavy (non-hydrogen) atoms. The molecule has 6 nitrogen and oxygen atoms in total. The molecule has 0 aromatic heterocycles. The van der Waals surface area contributed by atoms with Crippen LogP contribution >= 0.6 is 0 Å². The standard InChI is InChI=1S/C71H110O6/c1-4-7-10-13-16-19-22-25-28-31-32-33-34-35-36-37-38-41-43-46-49-52-55-58-61-64-70(73)76-67-68(77-71(74)65-62-59-56-53-50-47-44-40-30-27-24-21-18-15-12-9-6-3)66-75-69(72)63-60-57-54-51-48-45-42-39-29-26-23-20-17-14-11-8-5-2/h7,9-10,12,16-21,25-30,32-33,35-36,38,41,44,46-47,49,53,56,68H,4-6,8,11,13-15,22-24,31,34,37,39-40,42-43,45,48,50-52,54-55,57-67H2,1-3H3/b10-7-,12-9-,19-16-,20-17-,21-18-,28-25-,29-26-,30-27-,33-32-,36-35-,41-38-,47-44-,49-46-,56-53-. The van der Waals surface area contributed by atoms with E-state index in [4.69, 9.17) is 14.2 Å². The van der Waals surface area contributed by atoms with Crippen molar-refractivity contribution in [2.24, 2.45) is 0 Å². The number of allylic oxidation sites excluding steroid dienone is 28. The highest BCUT2D eigenvalue weighted by atomic mass is 16.6. The number of esters is 3. The highest BCUT2D eigenvalue weighted by Crippen LogP contribution is 2.13. The van der Waals surface area contributed by atoms with Crippen LogP contribution in [0.2, 0.25) is 0 Å². The topological polar surface area (TPSA) is 78.9 Å². The van der Waals surface area contributed by atoms with Crippen LogP contribution in [-0.2, 0) is 28.6 Å². The highest BCUT2D eigenvalue weighted by molar-refractivity contribution is 5.71. The summed E-state index contributed by atoms with van der Waals surface area (Å²) < 4.78 is 16.8. The third-order valence-electron chi connectivity index (χ3n) is 12.2. The van der Waals surface area contributed by atoms with Gasteiger partial charge in [0, 0.05) is 19.3 Å². The summed E-state index contributed by atoms with van der Waals surface area (Å²) in [5, 5.41) is 0. The van der Waals surface area contributed by atoms with Crippen molar-refractivity contribution in [1.82, 2.24) is 0 Å².